The Balaban J connectivity index is 1.67. The summed E-state index contributed by atoms with van der Waals surface area (Å²) >= 11 is 6.02. The number of hydrogen-bond donors (Lipinski definition) is 1. The Morgan fingerprint density at radius 1 is 1.45 bits per heavy atom. The van der Waals surface area contributed by atoms with Crippen LogP contribution in [0, 0.1) is 0 Å². The minimum Gasteiger partial charge on any atom is -0.387 e. The molecule has 1 saturated heterocycles. The molecule has 0 bridgehead atoms. The van der Waals surface area contributed by atoms with E-state index in [1.165, 1.54) is 0 Å². The standard InChI is InChI=1S/C17H24ClNO3/c1-21-14-5-6-17-15(10-14)19(7-8-22-17)11-16(20)12-3-2-4-13(18)9-12/h2-4,9,14-17,20H,5-8,10-11H2,1H3/t14-,15+,16-,17+/m0/s1. The summed E-state index contributed by atoms with van der Waals surface area (Å²) in [4.78, 5) is 2.35. The highest BCUT2D eigenvalue weighted by atomic mass is 35.5. The summed E-state index contributed by atoms with van der Waals surface area (Å²) in [6.45, 7) is 2.21. The highest BCUT2D eigenvalue weighted by molar-refractivity contribution is 6.30. The predicted octanol–water partition coefficient (Wildman–Crippen LogP) is 2.64. The molecule has 1 heterocycles. The highest BCUT2D eigenvalue weighted by Gasteiger charge is 2.38. The monoisotopic (exact) mass is 325 g/mol. The first-order valence-electron chi connectivity index (χ1n) is 7.99. The van der Waals surface area contributed by atoms with Gasteiger partial charge in [-0.05, 0) is 37.0 Å². The van der Waals surface area contributed by atoms with Crippen LogP contribution in [0.4, 0.5) is 0 Å². The van der Waals surface area contributed by atoms with Crippen molar-refractivity contribution in [2.75, 3.05) is 26.8 Å². The molecule has 122 valence electrons. The fourth-order valence-corrected chi connectivity index (χ4v) is 3.83. The predicted molar refractivity (Wildman–Crippen MR) is 86.2 cm³/mol. The van der Waals surface area contributed by atoms with Crippen LogP contribution in [0.25, 0.3) is 0 Å². The maximum Gasteiger partial charge on any atom is 0.0917 e. The van der Waals surface area contributed by atoms with Gasteiger partial charge in [-0.2, -0.15) is 0 Å². The van der Waals surface area contributed by atoms with Crippen LogP contribution in [0.15, 0.2) is 24.3 Å². The summed E-state index contributed by atoms with van der Waals surface area (Å²) in [5, 5.41) is 11.2. The number of β-amino-alcohol motifs (C(OH)–C–C–N with tert-alkyl or cyclic N) is 1. The number of fused-ring (bicyclic) bond motifs is 1. The molecule has 0 aromatic heterocycles. The fraction of sp³-hybridized carbons (Fsp3) is 0.647. The van der Waals surface area contributed by atoms with Crippen molar-refractivity contribution in [2.24, 2.45) is 0 Å². The number of halogens is 1. The van der Waals surface area contributed by atoms with Crippen molar-refractivity contribution in [3.63, 3.8) is 0 Å². The largest absolute Gasteiger partial charge is 0.387 e. The van der Waals surface area contributed by atoms with Gasteiger partial charge in [-0.3, -0.25) is 4.90 Å². The number of morpholine rings is 1. The molecule has 1 N–H and O–H groups in total. The van der Waals surface area contributed by atoms with E-state index >= 15 is 0 Å². The fourth-order valence-electron chi connectivity index (χ4n) is 3.63. The molecule has 1 saturated carbocycles. The van der Waals surface area contributed by atoms with Crippen molar-refractivity contribution in [1.29, 1.82) is 0 Å². The second-order valence-electron chi connectivity index (χ2n) is 6.21. The highest BCUT2D eigenvalue weighted by Crippen LogP contribution is 2.31. The number of hydrogen-bond acceptors (Lipinski definition) is 4. The summed E-state index contributed by atoms with van der Waals surface area (Å²) in [5.74, 6) is 0. The van der Waals surface area contributed by atoms with Crippen LogP contribution in [0.5, 0.6) is 0 Å². The molecule has 3 rings (SSSR count). The Kier molecular flexibility index (Phi) is 5.37. The van der Waals surface area contributed by atoms with Gasteiger partial charge < -0.3 is 14.6 Å². The molecule has 22 heavy (non-hydrogen) atoms. The van der Waals surface area contributed by atoms with Crippen LogP contribution in [0.1, 0.15) is 30.9 Å². The van der Waals surface area contributed by atoms with Crippen LogP contribution in [-0.4, -0.2) is 55.1 Å². The zero-order valence-electron chi connectivity index (χ0n) is 13.0. The third kappa shape index (κ3) is 3.63. The molecule has 4 nitrogen and oxygen atoms in total. The molecule has 0 radical (unpaired) electrons. The minimum absolute atomic E-state index is 0.270. The van der Waals surface area contributed by atoms with Gasteiger partial charge in [0.15, 0.2) is 0 Å². The van der Waals surface area contributed by atoms with E-state index in [1.807, 2.05) is 24.3 Å². The SMILES string of the molecule is CO[C@H]1CC[C@H]2OCCN(C[C@H](O)c3cccc(Cl)c3)[C@@H]2C1. The van der Waals surface area contributed by atoms with Gasteiger partial charge in [-0.15, -0.1) is 0 Å². The maximum absolute atomic E-state index is 10.5. The van der Waals surface area contributed by atoms with Crippen molar-refractivity contribution in [3.8, 4) is 0 Å². The molecule has 5 heteroatoms. The van der Waals surface area contributed by atoms with Crippen molar-refractivity contribution < 1.29 is 14.6 Å². The van der Waals surface area contributed by atoms with Gasteiger partial charge in [0.2, 0.25) is 0 Å². The zero-order valence-corrected chi connectivity index (χ0v) is 13.7. The summed E-state index contributed by atoms with van der Waals surface area (Å²) < 4.78 is 11.4. The third-order valence-electron chi connectivity index (χ3n) is 4.86. The average Bonchev–Trinajstić information content (AvgIpc) is 2.54. The molecule has 4 atom stereocenters. The van der Waals surface area contributed by atoms with E-state index in [2.05, 4.69) is 4.90 Å². The smallest absolute Gasteiger partial charge is 0.0917 e. The first-order chi connectivity index (χ1) is 10.7. The number of aliphatic hydroxyl groups is 1. The van der Waals surface area contributed by atoms with Crippen LogP contribution in [0.3, 0.4) is 0 Å². The summed E-state index contributed by atoms with van der Waals surface area (Å²) in [6.07, 6.45) is 3.11. The molecular formula is C17H24ClNO3. The van der Waals surface area contributed by atoms with Gasteiger partial charge in [-0.25, -0.2) is 0 Å². The van der Waals surface area contributed by atoms with E-state index in [0.717, 1.165) is 38.0 Å². The number of ether oxygens (including phenoxy) is 2. The molecule has 1 aromatic rings. The number of rotatable bonds is 4. The molecule has 1 aliphatic heterocycles. The number of benzene rings is 1. The quantitative estimate of drug-likeness (QED) is 0.924. The zero-order chi connectivity index (χ0) is 15.5. The Labute approximate surface area is 137 Å². The summed E-state index contributed by atoms with van der Waals surface area (Å²) in [7, 11) is 1.78. The minimum atomic E-state index is -0.527. The number of aliphatic hydroxyl groups excluding tert-OH is 1. The van der Waals surface area contributed by atoms with Gasteiger partial charge in [-0.1, -0.05) is 23.7 Å². The van der Waals surface area contributed by atoms with Crippen LogP contribution in [-0.2, 0) is 9.47 Å². The Bertz CT molecular complexity index is 499. The number of methoxy groups -OCH3 is 1. The average molecular weight is 326 g/mol. The van der Waals surface area contributed by atoms with Crippen molar-refractivity contribution in [1.82, 2.24) is 4.90 Å². The Morgan fingerprint density at radius 3 is 3.09 bits per heavy atom. The van der Waals surface area contributed by atoms with E-state index < -0.39 is 6.10 Å². The Hall–Kier alpha value is -0.650. The molecule has 0 spiro atoms. The lowest BCUT2D eigenvalue weighted by atomic mass is 9.87. The second-order valence-corrected chi connectivity index (χ2v) is 6.65. The van der Waals surface area contributed by atoms with E-state index in [9.17, 15) is 5.11 Å². The molecule has 0 amide bonds. The molecule has 2 fully saturated rings. The molecule has 1 aromatic carbocycles. The van der Waals surface area contributed by atoms with Gasteiger partial charge in [0.1, 0.15) is 0 Å². The normalized spacial score (nSPS) is 30.8. The van der Waals surface area contributed by atoms with E-state index in [-0.39, 0.29) is 6.10 Å². The van der Waals surface area contributed by atoms with Crippen LogP contribution < -0.4 is 0 Å². The topological polar surface area (TPSA) is 41.9 Å². The van der Waals surface area contributed by atoms with Gasteiger partial charge in [0, 0.05) is 31.3 Å². The van der Waals surface area contributed by atoms with Crippen LogP contribution in [0.2, 0.25) is 5.02 Å². The molecular weight excluding hydrogens is 302 g/mol. The van der Waals surface area contributed by atoms with Gasteiger partial charge >= 0.3 is 0 Å². The molecule has 2 aliphatic rings. The third-order valence-corrected chi connectivity index (χ3v) is 5.10. The first kappa shape index (κ1) is 16.2. The maximum atomic E-state index is 10.5. The molecule has 0 unspecified atom stereocenters. The lowest BCUT2D eigenvalue weighted by Gasteiger charge is -2.46. The summed E-state index contributed by atoms with van der Waals surface area (Å²) in [6, 6.07) is 7.80. The summed E-state index contributed by atoms with van der Waals surface area (Å²) in [5.41, 5.74) is 0.870. The van der Waals surface area contributed by atoms with Crippen molar-refractivity contribution in [3.05, 3.63) is 34.9 Å². The van der Waals surface area contributed by atoms with Crippen molar-refractivity contribution in [2.45, 2.75) is 43.6 Å². The molecule has 1 aliphatic carbocycles. The second kappa shape index (κ2) is 7.28. The van der Waals surface area contributed by atoms with Crippen molar-refractivity contribution >= 4 is 11.6 Å². The van der Waals surface area contributed by atoms with Gasteiger partial charge in [0.25, 0.3) is 0 Å². The Morgan fingerprint density at radius 2 is 2.32 bits per heavy atom. The number of nitrogens with zero attached hydrogens (tertiary/aromatic N) is 1. The lowest BCUT2D eigenvalue weighted by molar-refractivity contribution is -0.120. The van der Waals surface area contributed by atoms with Gasteiger partial charge in [0.05, 0.1) is 24.9 Å². The lowest BCUT2D eigenvalue weighted by Crippen LogP contribution is -2.55. The first-order valence-corrected chi connectivity index (χ1v) is 8.37. The van der Waals surface area contributed by atoms with E-state index in [1.54, 1.807) is 7.11 Å². The van der Waals surface area contributed by atoms with E-state index in [4.69, 9.17) is 21.1 Å². The van der Waals surface area contributed by atoms with E-state index in [0.29, 0.717) is 23.7 Å². The van der Waals surface area contributed by atoms with Crippen LogP contribution >= 0.6 is 11.6 Å².